The number of carbonyl (C=O) groups is 2. The highest BCUT2D eigenvalue weighted by molar-refractivity contribution is 6.30. The predicted octanol–water partition coefficient (Wildman–Crippen LogP) is 6.58. The maximum absolute atomic E-state index is 13.0. The van der Waals surface area contributed by atoms with Crippen molar-refractivity contribution in [2.24, 2.45) is 0 Å². The van der Waals surface area contributed by atoms with Gasteiger partial charge in [0.05, 0.1) is 11.2 Å². The molecule has 0 aliphatic carbocycles. The van der Waals surface area contributed by atoms with Crippen LogP contribution in [-0.4, -0.2) is 46.0 Å². The van der Waals surface area contributed by atoms with Crippen LogP contribution in [0.25, 0.3) is 11.1 Å². The normalized spacial score (nSPS) is 21.8. The summed E-state index contributed by atoms with van der Waals surface area (Å²) in [6.07, 6.45) is 3.36. The van der Waals surface area contributed by atoms with Crippen LogP contribution in [0, 0.1) is 0 Å². The summed E-state index contributed by atoms with van der Waals surface area (Å²) in [5.74, 6) is 0.0694. The van der Waals surface area contributed by atoms with Crippen molar-refractivity contribution in [1.82, 2.24) is 4.90 Å². The van der Waals surface area contributed by atoms with E-state index in [1.807, 2.05) is 31.7 Å². The first-order valence-corrected chi connectivity index (χ1v) is 12.0. The predicted molar refractivity (Wildman–Crippen MR) is 131 cm³/mol. The number of rotatable bonds is 4. The molecule has 2 saturated heterocycles. The standard InChI is InChI=1S/C26H31ClN2O5/c1-25(2,3)34-24(32)29-19-8-5-12-26(29,13-11-19)16-33-23(31)28-22-10-9-20(30)15-21(22)17-6-4-7-18(27)14-17/h4,6-7,9-10,14-15,19,30H,5,8,11-13,16H2,1-3H3,(H,28,31). The van der Waals surface area contributed by atoms with Crippen molar-refractivity contribution in [3.05, 3.63) is 47.5 Å². The fraction of sp³-hybridized carbons (Fsp3) is 0.462. The Bertz CT molecular complexity index is 1080. The van der Waals surface area contributed by atoms with Crippen LogP contribution in [0.1, 0.15) is 52.9 Å². The van der Waals surface area contributed by atoms with E-state index in [0.717, 1.165) is 37.7 Å². The molecule has 0 radical (unpaired) electrons. The van der Waals surface area contributed by atoms with Crippen LogP contribution in [0.4, 0.5) is 15.3 Å². The number of hydrogen-bond acceptors (Lipinski definition) is 5. The van der Waals surface area contributed by atoms with E-state index in [1.54, 1.807) is 30.3 Å². The SMILES string of the molecule is CC(C)(C)OC(=O)N1C2CCCC1(COC(=O)Nc1ccc(O)cc1-c1cccc(Cl)c1)CC2. The minimum absolute atomic E-state index is 0.0694. The van der Waals surface area contributed by atoms with E-state index >= 15 is 0 Å². The van der Waals surface area contributed by atoms with Gasteiger partial charge in [0.25, 0.3) is 0 Å². The Morgan fingerprint density at radius 2 is 1.97 bits per heavy atom. The second-order valence-electron chi connectivity index (χ2n) is 10.1. The minimum atomic E-state index is -0.624. The summed E-state index contributed by atoms with van der Waals surface area (Å²) in [4.78, 5) is 27.6. The number of carbonyl (C=O) groups excluding carboxylic acids is 2. The Kier molecular flexibility index (Phi) is 6.67. The van der Waals surface area contributed by atoms with Crippen molar-refractivity contribution < 1.29 is 24.2 Å². The first-order chi connectivity index (χ1) is 16.1. The number of fused-ring (bicyclic) bond motifs is 2. The van der Waals surface area contributed by atoms with Crippen LogP contribution in [0.3, 0.4) is 0 Å². The average Bonchev–Trinajstić information content (AvgIpc) is 2.98. The topological polar surface area (TPSA) is 88.1 Å². The number of phenols is 1. The molecular weight excluding hydrogens is 456 g/mol. The zero-order valence-corrected chi connectivity index (χ0v) is 20.5. The lowest BCUT2D eigenvalue weighted by Crippen LogP contribution is -2.57. The third-order valence-electron chi connectivity index (χ3n) is 6.44. The number of halogens is 1. The van der Waals surface area contributed by atoms with Crippen molar-refractivity contribution in [3.8, 4) is 16.9 Å². The number of benzene rings is 2. The summed E-state index contributed by atoms with van der Waals surface area (Å²) < 4.78 is 11.3. The van der Waals surface area contributed by atoms with Gasteiger partial charge in [0.2, 0.25) is 0 Å². The fourth-order valence-corrected chi connectivity index (χ4v) is 5.20. The van der Waals surface area contributed by atoms with Crippen molar-refractivity contribution in [2.45, 2.75) is 70.1 Å². The summed E-state index contributed by atoms with van der Waals surface area (Å²) in [6, 6.07) is 11.9. The number of aromatic hydroxyl groups is 1. The van der Waals surface area contributed by atoms with Crippen molar-refractivity contribution >= 4 is 29.5 Å². The molecule has 4 rings (SSSR count). The van der Waals surface area contributed by atoms with Crippen molar-refractivity contribution in [2.75, 3.05) is 11.9 Å². The molecule has 182 valence electrons. The van der Waals surface area contributed by atoms with Gasteiger partial charge in [0, 0.05) is 16.6 Å². The van der Waals surface area contributed by atoms with Gasteiger partial charge in [-0.2, -0.15) is 0 Å². The Balaban J connectivity index is 1.48. The Hall–Kier alpha value is -2.93. The van der Waals surface area contributed by atoms with Crippen molar-refractivity contribution in [3.63, 3.8) is 0 Å². The first kappa shape index (κ1) is 24.2. The van der Waals surface area contributed by atoms with Crippen LogP contribution in [0.2, 0.25) is 5.02 Å². The highest BCUT2D eigenvalue weighted by atomic mass is 35.5. The fourth-order valence-electron chi connectivity index (χ4n) is 5.01. The quantitative estimate of drug-likeness (QED) is 0.476. The number of hydrogen-bond donors (Lipinski definition) is 2. The number of amides is 2. The molecule has 7 nitrogen and oxygen atoms in total. The molecule has 2 aliphatic heterocycles. The second-order valence-corrected chi connectivity index (χ2v) is 10.5. The molecule has 2 bridgehead atoms. The molecule has 2 aliphatic rings. The van der Waals surface area contributed by atoms with Gasteiger partial charge in [-0.15, -0.1) is 0 Å². The maximum Gasteiger partial charge on any atom is 0.411 e. The van der Waals surface area contributed by atoms with Gasteiger partial charge in [0.1, 0.15) is 18.0 Å². The molecule has 2 aromatic rings. The number of nitrogens with zero attached hydrogens (tertiary/aromatic N) is 1. The van der Waals surface area contributed by atoms with E-state index in [-0.39, 0.29) is 24.5 Å². The molecule has 2 unspecified atom stereocenters. The molecule has 2 fully saturated rings. The average molecular weight is 487 g/mol. The van der Waals surface area contributed by atoms with E-state index in [4.69, 9.17) is 21.1 Å². The molecule has 2 aromatic carbocycles. The second kappa shape index (κ2) is 9.37. The van der Waals surface area contributed by atoms with Crippen molar-refractivity contribution in [1.29, 1.82) is 0 Å². The van der Waals surface area contributed by atoms with Gasteiger partial charge in [0.15, 0.2) is 0 Å². The minimum Gasteiger partial charge on any atom is -0.508 e. The van der Waals surface area contributed by atoms with Gasteiger partial charge in [-0.25, -0.2) is 9.59 Å². The number of nitrogens with one attached hydrogen (secondary N) is 1. The van der Waals surface area contributed by atoms with Gasteiger partial charge in [-0.05, 0) is 88.8 Å². The largest absolute Gasteiger partial charge is 0.508 e. The molecule has 0 aromatic heterocycles. The number of anilines is 1. The van der Waals surface area contributed by atoms with E-state index in [1.165, 1.54) is 6.07 Å². The summed E-state index contributed by atoms with van der Waals surface area (Å²) in [6.45, 7) is 5.65. The molecule has 2 atom stereocenters. The Labute approximate surface area is 205 Å². The lowest BCUT2D eigenvalue weighted by Gasteiger charge is -2.44. The third-order valence-corrected chi connectivity index (χ3v) is 6.67. The Morgan fingerprint density at radius 3 is 2.71 bits per heavy atom. The molecule has 2 amide bonds. The van der Waals surface area contributed by atoms with Gasteiger partial charge in [-0.3, -0.25) is 10.2 Å². The molecule has 2 N–H and O–H groups in total. The van der Waals surface area contributed by atoms with Gasteiger partial charge < -0.3 is 14.6 Å². The number of phenolic OH excluding ortho intramolecular Hbond substituents is 1. The van der Waals surface area contributed by atoms with Gasteiger partial charge >= 0.3 is 12.2 Å². The lowest BCUT2D eigenvalue weighted by atomic mass is 9.89. The maximum atomic E-state index is 13.0. The lowest BCUT2D eigenvalue weighted by molar-refractivity contribution is -0.0313. The monoisotopic (exact) mass is 486 g/mol. The summed E-state index contributed by atoms with van der Waals surface area (Å²) >= 11 is 6.13. The molecule has 0 saturated carbocycles. The highest BCUT2D eigenvalue weighted by Gasteiger charge is 2.53. The van der Waals surface area contributed by atoms with E-state index in [2.05, 4.69) is 5.32 Å². The molecule has 34 heavy (non-hydrogen) atoms. The molecule has 2 heterocycles. The molecule has 8 heteroatoms. The molecular formula is C26H31ClN2O5. The zero-order valence-electron chi connectivity index (χ0n) is 19.8. The zero-order chi connectivity index (χ0) is 24.5. The van der Waals surface area contributed by atoms with Crippen LogP contribution >= 0.6 is 11.6 Å². The summed E-state index contributed by atoms with van der Waals surface area (Å²) in [5, 5.41) is 13.3. The van der Waals surface area contributed by atoms with Gasteiger partial charge in [-0.1, -0.05) is 23.7 Å². The van der Waals surface area contributed by atoms with Crippen LogP contribution in [-0.2, 0) is 9.47 Å². The summed E-state index contributed by atoms with van der Waals surface area (Å²) in [7, 11) is 0. The third kappa shape index (κ3) is 5.25. The van der Waals surface area contributed by atoms with Crippen LogP contribution in [0.15, 0.2) is 42.5 Å². The first-order valence-electron chi connectivity index (χ1n) is 11.6. The molecule has 0 spiro atoms. The van der Waals surface area contributed by atoms with E-state index in [9.17, 15) is 14.7 Å². The number of piperidine rings is 1. The van der Waals surface area contributed by atoms with E-state index < -0.39 is 17.2 Å². The van der Waals surface area contributed by atoms with Crippen LogP contribution < -0.4 is 5.32 Å². The smallest absolute Gasteiger partial charge is 0.411 e. The van der Waals surface area contributed by atoms with E-state index in [0.29, 0.717) is 16.3 Å². The highest BCUT2D eigenvalue weighted by Crippen LogP contribution is 2.45. The van der Waals surface area contributed by atoms with Crippen LogP contribution in [0.5, 0.6) is 5.75 Å². The number of ether oxygens (including phenoxy) is 2. The Morgan fingerprint density at radius 1 is 1.18 bits per heavy atom. The summed E-state index contributed by atoms with van der Waals surface area (Å²) in [5.41, 5.74) is 0.710.